The summed E-state index contributed by atoms with van der Waals surface area (Å²) < 4.78 is 1.60. The predicted octanol–water partition coefficient (Wildman–Crippen LogP) is 5.27. The fourth-order valence-corrected chi connectivity index (χ4v) is 5.73. The number of fused-ring (bicyclic) bond motifs is 3. The van der Waals surface area contributed by atoms with Crippen molar-refractivity contribution in [1.29, 1.82) is 0 Å². The molecule has 1 spiro atoms. The first-order valence-electron chi connectivity index (χ1n) is 11.6. The van der Waals surface area contributed by atoms with Crippen LogP contribution in [0.5, 0.6) is 0 Å². The number of hydrogen-bond donors (Lipinski definition) is 1. The first kappa shape index (κ1) is 21.3. The van der Waals surface area contributed by atoms with Gasteiger partial charge in [-0.25, -0.2) is 9.97 Å². The quantitative estimate of drug-likeness (QED) is 0.441. The second-order valence-electron chi connectivity index (χ2n) is 9.80. The Morgan fingerprint density at radius 2 is 1.94 bits per heavy atom. The Kier molecular flexibility index (Phi) is 4.80. The van der Waals surface area contributed by atoms with E-state index in [-0.39, 0.29) is 5.56 Å². The van der Waals surface area contributed by atoms with Crippen molar-refractivity contribution in [3.05, 3.63) is 86.4 Å². The molecule has 2 aliphatic rings. The normalized spacial score (nSPS) is 16.6. The van der Waals surface area contributed by atoms with E-state index >= 15 is 0 Å². The number of hydrogen-bond acceptors (Lipinski definition) is 5. The molecule has 0 unspecified atom stereocenters. The van der Waals surface area contributed by atoms with Crippen LogP contribution in [0.2, 0.25) is 5.02 Å². The van der Waals surface area contributed by atoms with Crippen LogP contribution in [0.1, 0.15) is 35.1 Å². The standard InChI is InChI=1S/C27H26ClN5O/c1-16-5-4-6-22(28)24(16)33-13-17(2)23-20(25(33)34)12-29-26(31-23)30-19-7-8-21-18(11-19)14-32(3)15-27(21)9-10-27/h4-8,11-13H,9-10,14-15H2,1-3H3,(H,29,30,31). The van der Waals surface area contributed by atoms with Gasteiger partial charge in [-0.3, -0.25) is 9.36 Å². The topological polar surface area (TPSA) is 63.1 Å². The van der Waals surface area contributed by atoms with Crippen LogP contribution in [0.3, 0.4) is 0 Å². The minimum absolute atomic E-state index is 0.185. The lowest BCUT2D eigenvalue weighted by atomic mass is 9.87. The highest BCUT2D eigenvalue weighted by Crippen LogP contribution is 2.52. The number of nitrogens with zero attached hydrogens (tertiary/aromatic N) is 4. The third-order valence-electron chi connectivity index (χ3n) is 7.16. The molecule has 7 heteroatoms. The Bertz CT molecular complexity index is 1500. The first-order chi connectivity index (χ1) is 16.3. The van der Waals surface area contributed by atoms with Gasteiger partial charge in [-0.05, 0) is 74.2 Å². The molecule has 1 N–H and O–H groups in total. The van der Waals surface area contributed by atoms with Crippen LogP contribution in [0.15, 0.2) is 53.6 Å². The zero-order valence-electron chi connectivity index (χ0n) is 19.5. The molecule has 1 aliphatic heterocycles. The van der Waals surface area contributed by atoms with Gasteiger partial charge >= 0.3 is 0 Å². The molecule has 34 heavy (non-hydrogen) atoms. The summed E-state index contributed by atoms with van der Waals surface area (Å²) in [6, 6.07) is 12.2. The summed E-state index contributed by atoms with van der Waals surface area (Å²) in [5, 5.41) is 4.35. The highest BCUT2D eigenvalue weighted by Gasteiger charge is 2.48. The number of anilines is 2. The summed E-state index contributed by atoms with van der Waals surface area (Å²) in [4.78, 5) is 24.9. The van der Waals surface area contributed by atoms with E-state index in [0.717, 1.165) is 29.9 Å². The number of rotatable bonds is 3. The zero-order valence-corrected chi connectivity index (χ0v) is 20.3. The second kappa shape index (κ2) is 7.65. The molecule has 3 heterocycles. The molecule has 2 aromatic carbocycles. The Hall–Kier alpha value is -3.22. The minimum Gasteiger partial charge on any atom is -0.324 e. The lowest BCUT2D eigenvalue weighted by molar-refractivity contribution is 0.271. The van der Waals surface area contributed by atoms with Crippen LogP contribution in [0, 0.1) is 13.8 Å². The maximum absolute atomic E-state index is 13.3. The number of halogens is 1. The van der Waals surface area contributed by atoms with Crippen LogP contribution in [0.4, 0.5) is 11.6 Å². The van der Waals surface area contributed by atoms with Gasteiger partial charge in [-0.2, -0.15) is 0 Å². The molecule has 0 atom stereocenters. The van der Waals surface area contributed by atoms with Crippen molar-refractivity contribution in [2.45, 2.75) is 38.6 Å². The Morgan fingerprint density at radius 3 is 2.71 bits per heavy atom. The number of aryl methyl sites for hydroxylation is 2. The molecule has 172 valence electrons. The van der Waals surface area contributed by atoms with Gasteiger partial charge in [0.05, 0.1) is 21.6 Å². The monoisotopic (exact) mass is 471 g/mol. The smallest absolute Gasteiger partial charge is 0.266 e. The van der Waals surface area contributed by atoms with E-state index in [2.05, 4.69) is 40.4 Å². The first-order valence-corrected chi connectivity index (χ1v) is 12.0. The molecule has 1 saturated carbocycles. The molecule has 0 radical (unpaired) electrons. The van der Waals surface area contributed by atoms with Gasteiger partial charge < -0.3 is 10.2 Å². The zero-order chi connectivity index (χ0) is 23.6. The second-order valence-corrected chi connectivity index (χ2v) is 10.2. The number of likely N-dealkylation sites (N-methyl/N-ethyl adjacent to an activating group) is 1. The lowest BCUT2D eigenvalue weighted by Crippen LogP contribution is -2.35. The van der Waals surface area contributed by atoms with E-state index < -0.39 is 0 Å². The molecule has 1 fully saturated rings. The number of para-hydroxylation sites is 1. The Labute approximate surface area is 203 Å². The Balaban J connectivity index is 1.37. The fourth-order valence-electron chi connectivity index (χ4n) is 5.41. The van der Waals surface area contributed by atoms with E-state index in [4.69, 9.17) is 16.6 Å². The van der Waals surface area contributed by atoms with E-state index in [1.807, 2.05) is 26.0 Å². The molecule has 4 aromatic rings. The molecule has 0 amide bonds. The van der Waals surface area contributed by atoms with Crippen molar-refractivity contribution in [1.82, 2.24) is 19.4 Å². The lowest BCUT2D eigenvalue weighted by Gasteiger charge is -2.32. The summed E-state index contributed by atoms with van der Waals surface area (Å²) in [5.41, 5.74) is 7.12. The van der Waals surface area contributed by atoms with Crippen molar-refractivity contribution in [2.75, 3.05) is 18.9 Å². The minimum atomic E-state index is -0.185. The summed E-state index contributed by atoms with van der Waals surface area (Å²) in [6.45, 7) is 5.99. The fraction of sp³-hybridized carbons (Fsp3) is 0.296. The number of nitrogens with one attached hydrogen (secondary N) is 1. The maximum Gasteiger partial charge on any atom is 0.266 e. The SMILES string of the molecule is Cc1cccc(Cl)c1-n1cc(C)c2nc(Nc3ccc4c(c3)CN(C)CC43CC3)ncc2c1=O. The summed E-state index contributed by atoms with van der Waals surface area (Å²) in [7, 11) is 2.19. The molecule has 6 nitrogen and oxygen atoms in total. The van der Waals surface area contributed by atoms with E-state index in [0.29, 0.717) is 33.0 Å². The highest BCUT2D eigenvalue weighted by atomic mass is 35.5. The molecular weight excluding hydrogens is 446 g/mol. The largest absolute Gasteiger partial charge is 0.324 e. The number of pyridine rings is 1. The van der Waals surface area contributed by atoms with Crippen LogP contribution in [-0.2, 0) is 12.0 Å². The van der Waals surface area contributed by atoms with Crippen molar-refractivity contribution in [3.63, 3.8) is 0 Å². The predicted molar refractivity (Wildman–Crippen MR) is 137 cm³/mol. The third kappa shape index (κ3) is 3.40. The van der Waals surface area contributed by atoms with Gasteiger partial charge in [-0.1, -0.05) is 29.8 Å². The van der Waals surface area contributed by atoms with Crippen LogP contribution in [-0.4, -0.2) is 33.0 Å². The maximum atomic E-state index is 13.3. The van der Waals surface area contributed by atoms with E-state index in [1.165, 1.54) is 24.0 Å². The van der Waals surface area contributed by atoms with Crippen molar-refractivity contribution >= 4 is 34.1 Å². The number of aromatic nitrogens is 3. The van der Waals surface area contributed by atoms with Crippen molar-refractivity contribution in [3.8, 4) is 5.69 Å². The van der Waals surface area contributed by atoms with Crippen molar-refractivity contribution < 1.29 is 0 Å². The van der Waals surface area contributed by atoms with Crippen molar-refractivity contribution in [2.24, 2.45) is 0 Å². The molecular formula is C27H26ClN5O. The van der Waals surface area contributed by atoms with Crippen LogP contribution < -0.4 is 10.9 Å². The van der Waals surface area contributed by atoms with E-state index in [1.54, 1.807) is 23.0 Å². The highest BCUT2D eigenvalue weighted by molar-refractivity contribution is 6.32. The Morgan fingerprint density at radius 1 is 1.12 bits per heavy atom. The average Bonchev–Trinajstić information content (AvgIpc) is 3.56. The molecule has 0 saturated heterocycles. The molecule has 0 bridgehead atoms. The number of benzene rings is 2. The van der Waals surface area contributed by atoms with Gasteiger partial charge in [-0.15, -0.1) is 0 Å². The van der Waals surface area contributed by atoms with Gasteiger partial charge in [0.25, 0.3) is 5.56 Å². The third-order valence-corrected chi connectivity index (χ3v) is 7.47. The van der Waals surface area contributed by atoms with Crippen LogP contribution in [0.25, 0.3) is 16.6 Å². The summed E-state index contributed by atoms with van der Waals surface area (Å²) >= 11 is 6.43. The summed E-state index contributed by atoms with van der Waals surface area (Å²) in [5.74, 6) is 0.479. The van der Waals surface area contributed by atoms with Gasteiger partial charge in [0, 0.05) is 36.6 Å². The summed E-state index contributed by atoms with van der Waals surface area (Å²) in [6.07, 6.45) is 5.96. The molecule has 2 aromatic heterocycles. The van der Waals surface area contributed by atoms with E-state index in [9.17, 15) is 4.79 Å². The average molecular weight is 472 g/mol. The molecule has 6 rings (SSSR count). The van der Waals surface area contributed by atoms with Gasteiger partial charge in [0.15, 0.2) is 0 Å². The van der Waals surface area contributed by atoms with Crippen LogP contribution >= 0.6 is 11.6 Å². The molecule has 1 aliphatic carbocycles. The van der Waals surface area contributed by atoms with Gasteiger partial charge in [0.1, 0.15) is 0 Å². The van der Waals surface area contributed by atoms with Gasteiger partial charge in [0.2, 0.25) is 5.95 Å².